The quantitative estimate of drug-likeness (QED) is 0.493. The molecule has 3 aliphatic rings. The normalized spacial score (nSPS) is 19.9. The molecular formula is C28H29ClN4O3S. The van der Waals surface area contributed by atoms with Gasteiger partial charge in [0.05, 0.1) is 30.8 Å². The van der Waals surface area contributed by atoms with Crippen LogP contribution in [0.1, 0.15) is 30.5 Å². The number of rotatable bonds is 6. The first-order valence-electron chi connectivity index (χ1n) is 12.3. The Morgan fingerprint density at radius 1 is 1.08 bits per heavy atom. The van der Waals surface area contributed by atoms with Gasteiger partial charge in [-0.1, -0.05) is 65.8 Å². The number of carbonyl (C=O) groups is 2. The van der Waals surface area contributed by atoms with Crippen LogP contribution in [0.25, 0.3) is 0 Å². The van der Waals surface area contributed by atoms with Gasteiger partial charge in [0.2, 0.25) is 5.91 Å². The van der Waals surface area contributed by atoms with E-state index in [0.717, 1.165) is 36.1 Å². The predicted molar refractivity (Wildman–Crippen MR) is 147 cm³/mol. The van der Waals surface area contributed by atoms with Crippen molar-refractivity contribution in [2.45, 2.75) is 25.9 Å². The minimum absolute atomic E-state index is 0.0724. The number of carbonyl (C=O) groups excluding carboxylic acids is 2. The molecule has 1 atom stereocenters. The average Bonchev–Trinajstić information content (AvgIpc) is 3.30. The molecule has 9 heteroatoms. The van der Waals surface area contributed by atoms with Crippen LogP contribution in [0.15, 0.2) is 82.0 Å². The molecule has 2 aromatic carbocycles. The van der Waals surface area contributed by atoms with Crippen molar-refractivity contribution >= 4 is 40.4 Å². The van der Waals surface area contributed by atoms with Crippen molar-refractivity contribution in [2.75, 3.05) is 33.3 Å². The third-order valence-electron chi connectivity index (χ3n) is 6.88. The van der Waals surface area contributed by atoms with Crippen molar-refractivity contribution < 1.29 is 14.3 Å². The summed E-state index contributed by atoms with van der Waals surface area (Å²) >= 11 is 7.79. The highest BCUT2D eigenvalue weighted by Crippen LogP contribution is 2.45. The van der Waals surface area contributed by atoms with Crippen molar-refractivity contribution in [1.82, 2.24) is 14.7 Å². The molecule has 7 nitrogen and oxygen atoms in total. The number of ether oxygens (including phenoxy) is 1. The largest absolute Gasteiger partial charge is 0.466 e. The Labute approximate surface area is 226 Å². The maximum absolute atomic E-state index is 13.4. The lowest BCUT2D eigenvalue weighted by Crippen LogP contribution is -2.48. The average molecular weight is 537 g/mol. The Kier molecular flexibility index (Phi) is 7.69. The number of methoxy groups -OCH3 is 1. The molecule has 0 bridgehead atoms. The smallest absolute Gasteiger partial charge is 0.338 e. The number of halogens is 1. The molecule has 2 aromatic rings. The second-order valence-electron chi connectivity index (χ2n) is 9.26. The lowest BCUT2D eigenvalue weighted by molar-refractivity contribution is -0.136. The van der Waals surface area contributed by atoms with Crippen molar-refractivity contribution in [3.05, 3.63) is 93.1 Å². The van der Waals surface area contributed by atoms with Crippen molar-refractivity contribution in [2.24, 2.45) is 4.99 Å². The number of thioether (sulfide) groups is 1. The first kappa shape index (κ1) is 25.6. The number of esters is 1. The van der Waals surface area contributed by atoms with E-state index in [1.165, 1.54) is 24.4 Å². The number of hydrogen-bond donors (Lipinski definition) is 0. The third kappa shape index (κ3) is 5.46. The predicted octanol–water partition coefficient (Wildman–Crippen LogP) is 4.82. The second kappa shape index (κ2) is 11.1. The van der Waals surface area contributed by atoms with E-state index in [1.54, 1.807) is 6.07 Å². The minimum Gasteiger partial charge on any atom is -0.466 e. The summed E-state index contributed by atoms with van der Waals surface area (Å²) in [6.45, 7) is 5.76. The Morgan fingerprint density at radius 2 is 1.84 bits per heavy atom. The van der Waals surface area contributed by atoms with E-state index < -0.39 is 12.0 Å². The minimum atomic E-state index is -0.476. The zero-order chi connectivity index (χ0) is 25.9. The summed E-state index contributed by atoms with van der Waals surface area (Å²) in [6, 6.07) is 17.4. The Hall–Kier alpha value is -3.07. The molecule has 3 aliphatic heterocycles. The molecule has 192 valence electrons. The number of fused-ring (bicyclic) bond motifs is 1. The summed E-state index contributed by atoms with van der Waals surface area (Å²) in [6.07, 6.45) is 0.231. The molecule has 37 heavy (non-hydrogen) atoms. The van der Waals surface area contributed by atoms with E-state index in [2.05, 4.69) is 34.2 Å². The number of benzene rings is 2. The van der Waals surface area contributed by atoms with Crippen molar-refractivity contribution in [3.63, 3.8) is 0 Å². The first-order valence-corrected chi connectivity index (χ1v) is 13.5. The number of piperazine rings is 1. The first-order chi connectivity index (χ1) is 17.9. The lowest BCUT2D eigenvalue weighted by Gasteiger charge is -2.38. The molecule has 0 aliphatic carbocycles. The van der Waals surface area contributed by atoms with Crippen LogP contribution in [0.5, 0.6) is 0 Å². The van der Waals surface area contributed by atoms with Gasteiger partial charge in [0.1, 0.15) is 0 Å². The SMILES string of the molecule is COC(=O)C1=C(C)N=C2SC=C(CC(=O)N3CCN(Cc4ccccc4)CC3)N2[C@@H]1c1cccc(Cl)c1. The van der Waals surface area contributed by atoms with Gasteiger partial charge in [0.15, 0.2) is 5.17 Å². The summed E-state index contributed by atoms with van der Waals surface area (Å²) in [4.78, 5) is 37.2. The number of aliphatic imine (C=N–C) groups is 1. The van der Waals surface area contributed by atoms with E-state index in [-0.39, 0.29) is 12.3 Å². The zero-order valence-electron chi connectivity index (χ0n) is 20.9. The van der Waals surface area contributed by atoms with E-state index in [9.17, 15) is 9.59 Å². The van der Waals surface area contributed by atoms with Crippen LogP contribution in [0.3, 0.4) is 0 Å². The van der Waals surface area contributed by atoms with Gasteiger partial charge in [-0.05, 0) is 35.6 Å². The van der Waals surface area contributed by atoms with Gasteiger partial charge in [-0.15, -0.1) is 0 Å². The fourth-order valence-electron chi connectivity index (χ4n) is 5.00. The lowest BCUT2D eigenvalue weighted by atomic mass is 9.94. The summed E-state index contributed by atoms with van der Waals surface area (Å²) in [5, 5.41) is 3.28. The molecule has 1 saturated heterocycles. The van der Waals surface area contributed by atoms with Crippen molar-refractivity contribution in [1.29, 1.82) is 0 Å². The number of amidine groups is 1. The van der Waals surface area contributed by atoms with Crippen LogP contribution in [-0.4, -0.2) is 65.0 Å². The zero-order valence-corrected chi connectivity index (χ0v) is 22.5. The van der Waals surface area contributed by atoms with E-state index in [1.807, 2.05) is 46.4 Å². The van der Waals surface area contributed by atoms with Gasteiger partial charge in [0, 0.05) is 43.4 Å². The van der Waals surface area contributed by atoms with E-state index >= 15 is 0 Å². The maximum atomic E-state index is 13.4. The molecule has 1 amide bonds. The highest BCUT2D eigenvalue weighted by atomic mass is 35.5. The highest BCUT2D eigenvalue weighted by Gasteiger charge is 2.41. The molecule has 0 aromatic heterocycles. The molecule has 0 N–H and O–H groups in total. The van der Waals surface area contributed by atoms with Gasteiger partial charge in [-0.2, -0.15) is 0 Å². The molecule has 3 heterocycles. The molecule has 0 unspecified atom stereocenters. The van der Waals surface area contributed by atoms with Gasteiger partial charge in [-0.3, -0.25) is 9.69 Å². The molecule has 5 rings (SSSR count). The Morgan fingerprint density at radius 3 is 2.54 bits per heavy atom. The highest BCUT2D eigenvalue weighted by molar-refractivity contribution is 8.16. The Balaban J connectivity index is 1.31. The number of nitrogens with zero attached hydrogens (tertiary/aromatic N) is 4. The summed E-state index contributed by atoms with van der Waals surface area (Å²) < 4.78 is 5.12. The van der Waals surface area contributed by atoms with Gasteiger partial charge in [-0.25, -0.2) is 9.79 Å². The molecule has 1 fully saturated rings. The Bertz CT molecular complexity index is 1290. The van der Waals surface area contributed by atoms with E-state index in [0.29, 0.717) is 29.4 Å². The van der Waals surface area contributed by atoms with Crippen LogP contribution in [-0.2, 0) is 20.9 Å². The fourth-order valence-corrected chi connectivity index (χ4v) is 6.16. The van der Waals surface area contributed by atoms with Gasteiger partial charge in [0.25, 0.3) is 0 Å². The van der Waals surface area contributed by atoms with Crippen molar-refractivity contribution in [3.8, 4) is 0 Å². The third-order valence-corrected chi connectivity index (χ3v) is 8.00. The van der Waals surface area contributed by atoms with E-state index in [4.69, 9.17) is 16.3 Å². The molecular weight excluding hydrogens is 508 g/mol. The fraction of sp³-hybridized carbons (Fsp3) is 0.321. The van der Waals surface area contributed by atoms with Gasteiger partial charge >= 0.3 is 5.97 Å². The summed E-state index contributed by atoms with van der Waals surface area (Å²) in [7, 11) is 1.37. The van der Waals surface area contributed by atoms with Gasteiger partial charge < -0.3 is 14.5 Å². The maximum Gasteiger partial charge on any atom is 0.338 e. The van der Waals surface area contributed by atoms with Crippen LogP contribution in [0.4, 0.5) is 0 Å². The van der Waals surface area contributed by atoms with Crippen LogP contribution < -0.4 is 0 Å². The molecule has 0 radical (unpaired) electrons. The summed E-state index contributed by atoms with van der Waals surface area (Å²) in [5.74, 6) is -0.370. The van der Waals surface area contributed by atoms with Crippen LogP contribution in [0.2, 0.25) is 5.02 Å². The topological polar surface area (TPSA) is 65.5 Å². The molecule has 0 spiro atoms. The second-order valence-corrected chi connectivity index (χ2v) is 10.5. The van der Waals surface area contributed by atoms with Crippen LogP contribution >= 0.6 is 23.4 Å². The standard InChI is InChI=1S/C28H29ClN4O3S/c1-19-25(27(35)36-2)26(21-9-6-10-22(29)15-21)33-23(18-37-28(33)30-19)16-24(34)32-13-11-31(12-14-32)17-20-7-4-3-5-8-20/h3-10,15,18,26H,11-14,16-17H2,1-2H3/t26-/m1/s1. The van der Waals surface area contributed by atoms with Crippen LogP contribution in [0, 0.1) is 0 Å². The molecule has 0 saturated carbocycles. The monoisotopic (exact) mass is 536 g/mol. The summed E-state index contributed by atoms with van der Waals surface area (Å²) in [5.41, 5.74) is 3.99. The number of hydrogen-bond acceptors (Lipinski definition) is 7. The number of allylic oxidation sites excluding steroid dienone is 1. The number of amides is 1.